The largest absolute Gasteiger partial charge is 0.309 e. The predicted octanol–water partition coefficient (Wildman–Crippen LogP) is 18.8. The van der Waals surface area contributed by atoms with Crippen molar-refractivity contribution < 1.29 is 0 Å². The predicted molar refractivity (Wildman–Crippen MR) is 344 cm³/mol. The summed E-state index contributed by atoms with van der Waals surface area (Å²) in [6.45, 7) is 8.96. The van der Waals surface area contributed by atoms with E-state index in [0.717, 1.165) is 89.3 Å². The maximum Gasteiger partial charge on any atom is 0.164 e. The Balaban J connectivity index is 1.05. The molecule has 4 heterocycles. The van der Waals surface area contributed by atoms with Crippen LogP contribution in [0.2, 0.25) is 0 Å². The van der Waals surface area contributed by atoms with Gasteiger partial charge in [-0.2, -0.15) is 0 Å². The van der Waals surface area contributed by atoms with E-state index in [0.29, 0.717) is 34.9 Å². The molecule has 0 unspecified atom stereocenters. The molecule has 0 saturated carbocycles. The molecular formula is C76H54N8. The quantitative estimate of drug-likeness (QED) is 0.136. The lowest BCUT2D eigenvalue weighted by molar-refractivity contribution is 1.06. The molecule has 15 aromatic rings. The average molecular weight is 1080 g/mol. The van der Waals surface area contributed by atoms with E-state index >= 15 is 0 Å². The second-order valence-corrected chi connectivity index (χ2v) is 21.7. The van der Waals surface area contributed by atoms with Gasteiger partial charge in [-0.05, 0) is 133 Å². The second kappa shape index (κ2) is 20.5. The first-order valence-electron chi connectivity index (χ1n) is 28.4. The maximum absolute atomic E-state index is 5.44. The van der Waals surface area contributed by atoms with Gasteiger partial charge in [-0.3, -0.25) is 0 Å². The van der Waals surface area contributed by atoms with Crippen molar-refractivity contribution in [3.63, 3.8) is 0 Å². The minimum atomic E-state index is 0.484. The van der Waals surface area contributed by atoms with Gasteiger partial charge in [0.25, 0.3) is 0 Å². The average Bonchev–Trinajstić information content (AvgIpc) is 3.94. The Morgan fingerprint density at radius 1 is 0.214 bits per heavy atom. The van der Waals surface area contributed by atoms with Gasteiger partial charge in [0, 0.05) is 54.9 Å². The molecule has 11 aromatic carbocycles. The minimum absolute atomic E-state index is 0.484. The molecule has 0 aliphatic carbocycles. The third kappa shape index (κ3) is 8.62. The van der Waals surface area contributed by atoms with Gasteiger partial charge >= 0.3 is 0 Å². The van der Waals surface area contributed by atoms with Crippen LogP contribution in [0.25, 0.3) is 146 Å². The summed E-state index contributed by atoms with van der Waals surface area (Å²) in [6, 6.07) is 89.4. The Labute approximate surface area is 486 Å². The summed E-state index contributed by atoms with van der Waals surface area (Å²) in [5.41, 5.74) is 20.6. The van der Waals surface area contributed by atoms with Crippen molar-refractivity contribution in [1.29, 1.82) is 0 Å². The highest BCUT2D eigenvalue weighted by Crippen LogP contribution is 2.46. The van der Waals surface area contributed by atoms with Crippen LogP contribution in [0.15, 0.2) is 255 Å². The molecule has 0 atom stereocenters. The minimum Gasteiger partial charge on any atom is -0.309 e. The summed E-state index contributed by atoms with van der Waals surface area (Å²) in [5, 5.41) is 4.89. The van der Waals surface area contributed by atoms with Crippen molar-refractivity contribution in [2.75, 3.05) is 0 Å². The first kappa shape index (κ1) is 50.0. The van der Waals surface area contributed by atoms with Crippen LogP contribution in [0.4, 0.5) is 0 Å². The Hall–Kier alpha value is -11.0. The first-order chi connectivity index (χ1) is 41.3. The fraction of sp³-hybridized carbons (Fsp3) is 0.0526. The van der Waals surface area contributed by atoms with E-state index in [9.17, 15) is 0 Å². The molecule has 0 aliphatic heterocycles. The van der Waals surface area contributed by atoms with Crippen molar-refractivity contribution in [2.24, 2.45) is 0 Å². The summed E-state index contributed by atoms with van der Waals surface area (Å²) >= 11 is 0. The van der Waals surface area contributed by atoms with Gasteiger partial charge in [0.15, 0.2) is 34.9 Å². The molecule has 398 valence electrons. The van der Waals surface area contributed by atoms with E-state index in [-0.39, 0.29) is 0 Å². The Bertz CT molecular complexity index is 4460. The molecule has 0 amide bonds. The number of aromatic nitrogens is 8. The molecule has 8 nitrogen and oxygen atoms in total. The van der Waals surface area contributed by atoms with Gasteiger partial charge in [0.05, 0.1) is 33.4 Å². The summed E-state index contributed by atoms with van der Waals surface area (Å²) in [5.74, 6) is 3.17. The molecule has 4 aromatic heterocycles. The van der Waals surface area contributed by atoms with Crippen molar-refractivity contribution in [3.05, 3.63) is 277 Å². The number of aryl methyl sites for hydroxylation is 4. The van der Waals surface area contributed by atoms with Crippen LogP contribution in [0.1, 0.15) is 22.3 Å². The third-order valence-electron chi connectivity index (χ3n) is 16.2. The normalized spacial score (nSPS) is 11.6. The molecule has 0 saturated heterocycles. The van der Waals surface area contributed by atoms with Crippen molar-refractivity contribution >= 4 is 43.6 Å². The monoisotopic (exact) mass is 1080 g/mol. The molecule has 0 aliphatic rings. The zero-order chi connectivity index (χ0) is 56.4. The highest BCUT2D eigenvalue weighted by molar-refractivity contribution is 6.11. The first-order valence-corrected chi connectivity index (χ1v) is 28.4. The van der Waals surface area contributed by atoms with Crippen molar-refractivity contribution in [1.82, 2.24) is 39.0 Å². The molecule has 15 rings (SSSR count). The van der Waals surface area contributed by atoms with Crippen LogP contribution in [-0.2, 0) is 0 Å². The molecule has 0 fully saturated rings. The zero-order valence-corrected chi connectivity index (χ0v) is 46.8. The van der Waals surface area contributed by atoms with Gasteiger partial charge < -0.3 is 9.13 Å². The van der Waals surface area contributed by atoms with Gasteiger partial charge in [0.1, 0.15) is 0 Å². The van der Waals surface area contributed by atoms with E-state index in [4.69, 9.17) is 29.9 Å². The number of fused-ring (bicyclic) bond motifs is 6. The number of benzene rings is 11. The zero-order valence-electron chi connectivity index (χ0n) is 46.8. The number of nitrogens with zero attached hydrogens (tertiary/aromatic N) is 8. The smallest absolute Gasteiger partial charge is 0.164 e. The molecule has 0 spiro atoms. The van der Waals surface area contributed by atoms with Crippen LogP contribution in [-0.4, -0.2) is 39.0 Å². The van der Waals surface area contributed by atoms with E-state index in [1.807, 2.05) is 121 Å². The van der Waals surface area contributed by atoms with Crippen LogP contribution in [0.5, 0.6) is 0 Å². The van der Waals surface area contributed by atoms with Crippen LogP contribution in [0.3, 0.4) is 0 Å². The van der Waals surface area contributed by atoms with Crippen LogP contribution >= 0.6 is 0 Å². The van der Waals surface area contributed by atoms with Gasteiger partial charge in [-0.25, -0.2) is 29.9 Å². The number of hydrogen-bond acceptors (Lipinski definition) is 6. The lowest BCUT2D eigenvalue weighted by Crippen LogP contribution is -2.05. The third-order valence-corrected chi connectivity index (χ3v) is 16.2. The van der Waals surface area contributed by atoms with E-state index in [2.05, 4.69) is 170 Å². The maximum atomic E-state index is 5.44. The van der Waals surface area contributed by atoms with Gasteiger partial charge in [-0.15, -0.1) is 0 Å². The Kier molecular flexibility index (Phi) is 12.2. The molecule has 0 radical (unpaired) electrons. The van der Waals surface area contributed by atoms with Gasteiger partial charge in [-0.1, -0.05) is 194 Å². The van der Waals surface area contributed by atoms with E-state index < -0.39 is 0 Å². The number of hydrogen-bond donors (Lipinski definition) is 0. The topological polar surface area (TPSA) is 87.2 Å². The van der Waals surface area contributed by atoms with Crippen molar-refractivity contribution in [2.45, 2.75) is 27.7 Å². The number of rotatable bonds is 10. The molecule has 84 heavy (non-hydrogen) atoms. The Morgan fingerprint density at radius 3 is 0.702 bits per heavy atom. The molecule has 0 N–H and O–H groups in total. The lowest BCUT2D eigenvalue weighted by atomic mass is 9.86. The van der Waals surface area contributed by atoms with Crippen molar-refractivity contribution in [3.8, 4) is 102 Å². The fourth-order valence-corrected chi connectivity index (χ4v) is 12.6. The van der Waals surface area contributed by atoms with Crippen LogP contribution < -0.4 is 0 Å². The SMILES string of the molecule is Cc1cc(-c2cc(-c3nc(-c4ccccc4)nc(-c4ccccc4)n3)c(-c3nc(-c4ccccc4)nc(-c4ccccc4)n3)cc2-c2cc(C)c(-n3c4ccccc4c4ccccc43)c(C)c2)cc(C)c1-n1c2ccccc2c2ccccc21. The molecule has 0 bridgehead atoms. The highest BCUT2D eigenvalue weighted by Gasteiger charge is 2.26. The standard InChI is InChI=1S/C76H54N8/c1-47-41-55(42-48(2)69(47)83-65-37-21-17-33-57(65)58-34-18-22-38-66(58)83)61-45-63(75-79-71(51-25-9-5-10-26-51)77-72(80-75)52-27-11-6-12-28-52)64(76-81-73(53-29-13-7-14-30-53)78-74(82-76)54-31-15-8-16-32-54)46-62(61)56-43-49(3)70(50(4)44-56)84-67-39-23-19-35-59(67)60-36-20-24-40-68(60)84/h5-46H,1-4H3. The van der Waals surface area contributed by atoms with Crippen LogP contribution in [0, 0.1) is 27.7 Å². The summed E-state index contributed by atoms with van der Waals surface area (Å²) in [4.78, 5) is 32.1. The Morgan fingerprint density at radius 2 is 0.440 bits per heavy atom. The fourth-order valence-electron chi connectivity index (χ4n) is 12.6. The lowest BCUT2D eigenvalue weighted by Gasteiger charge is -2.22. The highest BCUT2D eigenvalue weighted by atomic mass is 15.1. The van der Waals surface area contributed by atoms with E-state index in [1.54, 1.807) is 0 Å². The summed E-state index contributed by atoms with van der Waals surface area (Å²) < 4.78 is 4.87. The molecular weight excluding hydrogens is 1020 g/mol. The van der Waals surface area contributed by atoms with E-state index in [1.165, 1.54) is 43.6 Å². The van der Waals surface area contributed by atoms with Gasteiger partial charge in [0.2, 0.25) is 0 Å². The number of para-hydroxylation sites is 4. The summed E-state index contributed by atoms with van der Waals surface area (Å²) in [7, 11) is 0. The second-order valence-electron chi connectivity index (χ2n) is 21.7. The summed E-state index contributed by atoms with van der Waals surface area (Å²) in [6.07, 6.45) is 0. The molecule has 8 heteroatoms.